The molecule has 0 radical (unpaired) electrons. The topological polar surface area (TPSA) is 29.5 Å². The van der Waals surface area contributed by atoms with E-state index < -0.39 is 0 Å². The van der Waals surface area contributed by atoms with Crippen LogP contribution in [-0.4, -0.2) is 20.1 Å². The van der Waals surface area contributed by atoms with E-state index in [0.29, 0.717) is 5.75 Å². The van der Waals surface area contributed by atoms with Gasteiger partial charge in [0.1, 0.15) is 5.75 Å². The van der Waals surface area contributed by atoms with E-state index in [1.165, 1.54) is 11.8 Å². The molecule has 0 N–H and O–H groups in total. The second-order valence-corrected chi connectivity index (χ2v) is 5.28. The average Bonchev–Trinajstić information content (AvgIpc) is 2.55. The first-order valence-electron chi connectivity index (χ1n) is 6.51. The minimum absolute atomic E-state index is 0.0945. The highest BCUT2D eigenvalue weighted by atomic mass is 32.2. The van der Waals surface area contributed by atoms with Crippen molar-refractivity contribution in [2.75, 3.05) is 19.1 Å². The van der Waals surface area contributed by atoms with Crippen molar-refractivity contribution in [3.63, 3.8) is 0 Å². The van der Waals surface area contributed by atoms with E-state index in [0.717, 1.165) is 10.6 Å². The van der Waals surface area contributed by atoms with Gasteiger partial charge in [0.15, 0.2) is 0 Å². The molecule has 21 heavy (non-hydrogen) atoms. The van der Waals surface area contributed by atoms with Gasteiger partial charge >= 0.3 is 0 Å². The lowest BCUT2D eigenvalue weighted by Gasteiger charge is -2.18. The van der Waals surface area contributed by atoms with Crippen molar-refractivity contribution < 1.29 is 9.53 Å². The average molecular weight is 299 g/mol. The van der Waals surface area contributed by atoms with E-state index >= 15 is 0 Å². The van der Waals surface area contributed by atoms with Crippen LogP contribution in [-0.2, 0) is 4.79 Å². The number of anilines is 1. The minimum Gasteiger partial charge on any atom is -0.495 e. The molecular weight excluding hydrogens is 282 g/mol. The Morgan fingerprint density at radius 3 is 2.48 bits per heavy atom. The molecule has 0 heterocycles. The smallest absolute Gasteiger partial charge is 0.251 e. The van der Waals surface area contributed by atoms with E-state index in [1.807, 2.05) is 54.6 Å². The molecule has 0 saturated carbocycles. The maximum absolute atomic E-state index is 12.2. The Balaban J connectivity index is 2.02. The number of carbonyl (C=O) groups is 1. The molecule has 2 aromatic rings. The molecule has 0 aliphatic carbocycles. The molecule has 0 aliphatic heterocycles. The molecule has 1 amide bonds. The molecule has 0 spiro atoms. The summed E-state index contributed by atoms with van der Waals surface area (Å²) in [5.41, 5.74) is 0.749. The molecule has 3 nitrogen and oxygen atoms in total. The van der Waals surface area contributed by atoms with Gasteiger partial charge in [-0.05, 0) is 29.7 Å². The molecule has 108 valence electrons. The Morgan fingerprint density at radius 2 is 1.76 bits per heavy atom. The summed E-state index contributed by atoms with van der Waals surface area (Å²) in [5.74, 6) is 0.584. The number of methoxy groups -OCH3 is 1. The van der Waals surface area contributed by atoms with Crippen molar-refractivity contribution in [2.24, 2.45) is 0 Å². The molecule has 0 bridgehead atoms. The van der Waals surface area contributed by atoms with Crippen molar-refractivity contribution in [1.29, 1.82) is 0 Å². The maximum Gasteiger partial charge on any atom is 0.251 e. The van der Waals surface area contributed by atoms with Gasteiger partial charge in [-0.15, -0.1) is 0 Å². The molecule has 2 aromatic carbocycles. The van der Waals surface area contributed by atoms with Crippen molar-refractivity contribution >= 4 is 23.4 Å². The number of nitrogens with zero attached hydrogens (tertiary/aromatic N) is 1. The van der Waals surface area contributed by atoms with Crippen molar-refractivity contribution in [1.82, 2.24) is 0 Å². The Morgan fingerprint density at radius 1 is 1.10 bits per heavy atom. The summed E-state index contributed by atoms with van der Waals surface area (Å²) in [6.45, 7) is 0. The first-order chi connectivity index (χ1) is 10.2. The summed E-state index contributed by atoms with van der Waals surface area (Å²) in [5, 5.41) is 1.80. The third-order valence-electron chi connectivity index (χ3n) is 2.94. The number of thioether (sulfide) groups is 1. The standard InChI is InChI=1S/C17H17NO2S/c1-18(15-10-6-7-11-16(15)20-2)17(19)12-13-21-14-8-4-3-5-9-14/h3-13H,1-2H3/b13-12-. The number of benzene rings is 2. The van der Waals surface area contributed by atoms with Crippen LogP contribution in [0.25, 0.3) is 0 Å². The van der Waals surface area contributed by atoms with E-state index in [9.17, 15) is 4.79 Å². The third kappa shape index (κ3) is 4.13. The number of amides is 1. The summed E-state index contributed by atoms with van der Waals surface area (Å²) in [4.78, 5) is 14.8. The fourth-order valence-corrected chi connectivity index (χ4v) is 2.46. The first-order valence-corrected chi connectivity index (χ1v) is 7.39. The highest BCUT2D eigenvalue weighted by Crippen LogP contribution is 2.27. The summed E-state index contributed by atoms with van der Waals surface area (Å²) in [6.07, 6.45) is 1.56. The highest BCUT2D eigenvalue weighted by Gasteiger charge is 2.11. The van der Waals surface area contributed by atoms with Gasteiger partial charge in [0, 0.05) is 18.0 Å². The minimum atomic E-state index is -0.0945. The highest BCUT2D eigenvalue weighted by molar-refractivity contribution is 8.02. The second-order valence-electron chi connectivity index (χ2n) is 4.30. The summed E-state index contributed by atoms with van der Waals surface area (Å²) in [6, 6.07) is 17.4. The predicted octanol–water partition coefficient (Wildman–Crippen LogP) is 3.96. The SMILES string of the molecule is COc1ccccc1N(C)C(=O)/C=C\Sc1ccccc1. The second kappa shape index (κ2) is 7.55. The Bertz CT molecular complexity index is 626. The summed E-state index contributed by atoms with van der Waals surface area (Å²) in [7, 11) is 3.33. The van der Waals surface area contributed by atoms with E-state index in [4.69, 9.17) is 4.74 Å². The van der Waals surface area contributed by atoms with E-state index in [-0.39, 0.29) is 5.91 Å². The molecule has 0 fully saturated rings. The van der Waals surface area contributed by atoms with Gasteiger partial charge in [-0.2, -0.15) is 0 Å². The zero-order chi connectivity index (χ0) is 15.1. The number of likely N-dealkylation sites (N-methyl/N-ethyl adjacent to an activating group) is 1. The van der Waals surface area contributed by atoms with Gasteiger partial charge in [-0.3, -0.25) is 4.79 Å². The van der Waals surface area contributed by atoms with Crippen molar-refractivity contribution in [3.05, 3.63) is 66.1 Å². The molecular formula is C17H17NO2S. The van der Waals surface area contributed by atoms with Crippen LogP contribution in [0.4, 0.5) is 5.69 Å². The number of hydrogen-bond donors (Lipinski definition) is 0. The molecule has 0 unspecified atom stereocenters. The van der Waals surface area contributed by atoms with Crippen LogP contribution >= 0.6 is 11.8 Å². The van der Waals surface area contributed by atoms with Crippen LogP contribution in [0.3, 0.4) is 0 Å². The first kappa shape index (κ1) is 15.2. The zero-order valence-corrected chi connectivity index (χ0v) is 12.8. The van der Waals surface area contributed by atoms with Gasteiger partial charge in [-0.25, -0.2) is 0 Å². The third-order valence-corrected chi connectivity index (χ3v) is 3.75. The molecule has 4 heteroatoms. The molecule has 0 aromatic heterocycles. The van der Waals surface area contributed by atoms with Crippen LogP contribution in [0.5, 0.6) is 5.75 Å². The Hall–Kier alpha value is -2.20. The summed E-state index contributed by atoms with van der Waals surface area (Å²) >= 11 is 1.51. The molecule has 0 atom stereocenters. The number of para-hydroxylation sites is 2. The van der Waals surface area contributed by atoms with Crippen LogP contribution < -0.4 is 9.64 Å². The normalized spacial score (nSPS) is 10.6. The molecule has 2 rings (SSSR count). The number of carbonyl (C=O) groups excluding carboxylic acids is 1. The Labute approximate surface area is 129 Å². The molecule has 0 saturated heterocycles. The Kier molecular flexibility index (Phi) is 5.46. The number of rotatable bonds is 5. The summed E-state index contributed by atoms with van der Waals surface area (Å²) < 4.78 is 5.27. The number of ether oxygens (including phenoxy) is 1. The fraction of sp³-hybridized carbons (Fsp3) is 0.118. The lowest BCUT2D eigenvalue weighted by atomic mass is 10.2. The van der Waals surface area contributed by atoms with Crippen LogP contribution in [0.2, 0.25) is 0 Å². The van der Waals surface area contributed by atoms with Crippen LogP contribution in [0, 0.1) is 0 Å². The lowest BCUT2D eigenvalue weighted by Crippen LogP contribution is -2.24. The monoisotopic (exact) mass is 299 g/mol. The van der Waals surface area contributed by atoms with Gasteiger partial charge in [0.05, 0.1) is 12.8 Å². The van der Waals surface area contributed by atoms with Gasteiger partial charge < -0.3 is 9.64 Å². The van der Waals surface area contributed by atoms with Crippen molar-refractivity contribution in [2.45, 2.75) is 4.90 Å². The fourth-order valence-electron chi connectivity index (χ4n) is 1.81. The van der Waals surface area contributed by atoms with Crippen LogP contribution in [0.1, 0.15) is 0 Å². The lowest BCUT2D eigenvalue weighted by molar-refractivity contribution is -0.113. The van der Waals surface area contributed by atoms with Crippen molar-refractivity contribution in [3.8, 4) is 5.75 Å². The molecule has 0 aliphatic rings. The zero-order valence-electron chi connectivity index (χ0n) is 12.0. The van der Waals surface area contributed by atoms with Gasteiger partial charge in [-0.1, -0.05) is 42.1 Å². The van der Waals surface area contributed by atoms with Crippen LogP contribution in [0.15, 0.2) is 71.0 Å². The largest absolute Gasteiger partial charge is 0.495 e. The van der Waals surface area contributed by atoms with E-state index in [2.05, 4.69) is 0 Å². The van der Waals surface area contributed by atoms with E-state index in [1.54, 1.807) is 30.5 Å². The van der Waals surface area contributed by atoms with Gasteiger partial charge in [0.25, 0.3) is 5.91 Å². The van der Waals surface area contributed by atoms with Gasteiger partial charge in [0.2, 0.25) is 0 Å². The maximum atomic E-state index is 12.2. The quantitative estimate of drug-likeness (QED) is 0.618. The predicted molar refractivity (Wildman–Crippen MR) is 87.8 cm³/mol. The number of hydrogen-bond acceptors (Lipinski definition) is 3.